The molecule has 0 saturated carbocycles. The third-order valence-electron chi connectivity index (χ3n) is 9.49. The molecule has 3 aromatic heterocycles. The zero-order valence-corrected chi connectivity index (χ0v) is 26.0. The van der Waals surface area contributed by atoms with Crippen molar-refractivity contribution < 1.29 is 0 Å². The zero-order chi connectivity index (χ0) is 31.6. The molecule has 0 saturated heterocycles. The van der Waals surface area contributed by atoms with E-state index in [-0.39, 0.29) is 0 Å². The lowest BCUT2D eigenvalue weighted by atomic mass is 10.0. The SMILES string of the molecule is c1ccc(-c2cccc(-n3c4ccc(-c5ccc6c(c5)c5ccccc5n6-c5ccccc5)cc4c4nc5ccccc5nc43)c2)cc1. The number of rotatable bonds is 4. The van der Waals surface area contributed by atoms with Gasteiger partial charge in [0, 0.05) is 27.5 Å². The lowest BCUT2D eigenvalue weighted by Gasteiger charge is -2.10. The van der Waals surface area contributed by atoms with Crippen molar-refractivity contribution in [1.29, 1.82) is 0 Å². The molecule has 4 nitrogen and oxygen atoms in total. The highest BCUT2D eigenvalue weighted by atomic mass is 15.1. The van der Waals surface area contributed by atoms with E-state index in [0.717, 1.165) is 55.6 Å². The maximum Gasteiger partial charge on any atom is 0.165 e. The minimum atomic E-state index is 0.854. The topological polar surface area (TPSA) is 35.6 Å². The summed E-state index contributed by atoms with van der Waals surface area (Å²) in [5.41, 5.74) is 13.9. The Bertz CT molecular complexity index is 2830. The Morgan fingerprint density at radius 2 is 0.896 bits per heavy atom. The number of benzene rings is 7. The Labute approximate surface area is 276 Å². The van der Waals surface area contributed by atoms with Crippen LogP contribution in [-0.4, -0.2) is 19.1 Å². The normalized spacial score (nSPS) is 11.8. The summed E-state index contributed by atoms with van der Waals surface area (Å²) in [6, 6.07) is 60.2. The van der Waals surface area contributed by atoms with Gasteiger partial charge in [0.2, 0.25) is 0 Å². The number of nitrogens with zero attached hydrogens (tertiary/aromatic N) is 4. The van der Waals surface area contributed by atoms with Gasteiger partial charge in [0.15, 0.2) is 5.65 Å². The number of hydrogen-bond acceptors (Lipinski definition) is 2. The van der Waals surface area contributed by atoms with Gasteiger partial charge in [-0.1, -0.05) is 103 Å². The van der Waals surface area contributed by atoms with Crippen LogP contribution in [0.1, 0.15) is 0 Å². The van der Waals surface area contributed by atoms with E-state index < -0.39 is 0 Å². The summed E-state index contributed by atoms with van der Waals surface area (Å²) in [7, 11) is 0. The molecule has 0 spiro atoms. The van der Waals surface area contributed by atoms with Crippen molar-refractivity contribution in [2.75, 3.05) is 0 Å². The minimum absolute atomic E-state index is 0.854. The molecule has 0 amide bonds. The van der Waals surface area contributed by atoms with Crippen LogP contribution in [0.2, 0.25) is 0 Å². The molecule has 0 bridgehead atoms. The number of hydrogen-bond donors (Lipinski definition) is 0. The Balaban J connectivity index is 1.20. The van der Waals surface area contributed by atoms with Gasteiger partial charge in [-0.05, 0) is 89.0 Å². The van der Waals surface area contributed by atoms with Crippen molar-refractivity contribution in [2.24, 2.45) is 0 Å². The number of aromatic nitrogens is 4. The third kappa shape index (κ3) is 4.10. The molecular weight excluding hydrogens is 585 g/mol. The molecule has 7 aromatic carbocycles. The second kappa shape index (κ2) is 10.5. The molecule has 0 fully saturated rings. The maximum atomic E-state index is 5.21. The molecule has 0 unspecified atom stereocenters. The quantitative estimate of drug-likeness (QED) is 0.198. The van der Waals surface area contributed by atoms with Crippen molar-refractivity contribution >= 4 is 54.9 Å². The first kappa shape index (κ1) is 26.7. The monoisotopic (exact) mass is 612 g/mol. The first-order chi connectivity index (χ1) is 23.8. The van der Waals surface area contributed by atoms with Crippen molar-refractivity contribution in [3.63, 3.8) is 0 Å². The van der Waals surface area contributed by atoms with Crippen LogP contribution in [-0.2, 0) is 0 Å². The Morgan fingerprint density at radius 3 is 1.69 bits per heavy atom. The second-order valence-electron chi connectivity index (χ2n) is 12.3. The molecule has 0 aliphatic rings. The molecule has 224 valence electrons. The van der Waals surface area contributed by atoms with Crippen molar-refractivity contribution in [3.05, 3.63) is 170 Å². The average molecular weight is 613 g/mol. The van der Waals surface area contributed by atoms with E-state index in [0.29, 0.717) is 0 Å². The van der Waals surface area contributed by atoms with Crippen LogP contribution >= 0.6 is 0 Å². The van der Waals surface area contributed by atoms with E-state index in [1.54, 1.807) is 0 Å². The maximum absolute atomic E-state index is 5.21. The van der Waals surface area contributed by atoms with Gasteiger partial charge in [0.1, 0.15) is 5.52 Å². The third-order valence-corrected chi connectivity index (χ3v) is 9.49. The summed E-state index contributed by atoms with van der Waals surface area (Å²) in [5.74, 6) is 0. The lowest BCUT2D eigenvalue weighted by Crippen LogP contribution is -1.97. The van der Waals surface area contributed by atoms with Gasteiger partial charge in [0.25, 0.3) is 0 Å². The van der Waals surface area contributed by atoms with Gasteiger partial charge in [0.05, 0.1) is 27.6 Å². The summed E-state index contributed by atoms with van der Waals surface area (Å²) >= 11 is 0. The molecule has 4 heteroatoms. The van der Waals surface area contributed by atoms with Crippen LogP contribution < -0.4 is 0 Å². The molecule has 0 N–H and O–H groups in total. The fourth-order valence-corrected chi connectivity index (χ4v) is 7.27. The van der Waals surface area contributed by atoms with Gasteiger partial charge >= 0.3 is 0 Å². The van der Waals surface area contributed by atoms with E-state index in [9.17, 15) is 0 Å². The van der Waals surface area contributed by atoms with Gasteiger partial charge in [-0.25, -0.2) is 9.97 Å². The summed E-state index contributed by atoms with van der Waals surface area (Å²) in [5, 5.41) is 3.56. The molecule has 0 radical (unpaired) electrons. The largest absolute Gasteiger partial charge is 0.309 e. The van der Waals surface area contributed by atoms with E-state index >= 15 is 0 Å². The van der Waals surface area contributed by atoms with E-state index in [4.69, 9.17) is 9.97 Å². The highest BCUT2D eigenvalue weighted by Gasteiger charge is 2.18. The van der Waals surface area contributed by atoms with Crippen molar-refractivity contribution in [1.82, 2.24) is 19.1 Å². The smallest absolute Gasteiger partial charge is 0.165 e. The van der Waals surface area contributed by atoms with Crippen LogP contribution in [0.3, 0.4) is 0 Å². The zero-order valence-electron chi connectivity index (χ0n) is 26.0. The molecule has 0 aliphatic heterocycles. The lowest BCUT2D eigenvalue weighted by molar-refractivity contribution is 1.14. The van der Waals surface area contributed by atoms with Crippen molar-refractivity contribution in [2.45, 2.75) is 0 Å². The van der Waals surface area contributed by atoms with Crippen LogP contribution in [0, 0.1) is 0 Å². The first-order valence-corrected chi connectivity index (χ1v) is 16.3. The standard InChI is InChI=1S/C44H28N4/c1-3-12-29(13-4-1)30-14-11-17-34(26-30)48-42-25-23-32(28-37(42)43-44(48)46-39-20-9-8-19-38(39)45-43)31-22-24-41-36(27-31)35-18-7-10-21-40(35)47(41)33-15-5-2-6-16-33/h1-28H. The predicted molar refractivity (Wildman–Crippen MR) is 199 cm³/mol. The summed E-state index contributed by atoms with van der Waals surface area (Å²) in [4.78, 5) is 10.4. The Kier molecular flexibility index (Phi) is 5.84. The summed E-state index contributed by atoms with van der Waals surface area (Å²) in [6.45, 7) is 0. The molecule has 3 heterocycles. The van der Waals surface area contributed by atoms with Gasteiger partial charge in [-0.15, -0.1) is 0 Å². The second-order valence-corrected chi connectivity index (χ2v) is 12.3. The first-order valence-electron chi connectivity index (χ1n) is 16.3. The average Bonchev–Trinajstić information content (AvgIpc) is 3.66. The number of para-hydroxylation sites is 4. The highest BCUT2D eigenvalue weighted by molar-refractivity contribution is 6.12. The van der Waals surface area contributed by atoms with E-state index in [1.165, 1.54) is 32.9 Å². The number of fused-ring (bicyclic) bond motifs is 7. The predicted octanol–water partition coefficient (Wildman–Crippen LogP) is 11.2. The van der Waals surface area contributed by atoms with E-state index in [1.807, 2.05) is 24.3 Å². The Hall–Kier alpha value is -6.52. The van der Waals surface area contributed by atoms with Gasteiger partial charge < -0.3 is 4.57 Å². The van der Waals surface area contributed by atoms with Crippen LogP contribution in [0.25, 0.3) is 88.5 Å². The van der Waals surface area contributed by atoms with Crippen LogP contribution in [0.4, 0.5) is 0 Å². The molecule has 48 heavy (non-hydrogen) atoms. The molecular formula is C44H28N4. The van der Waals surface area contributed by atoms with E-state index in [2.05, 4.69) is 155 Å². The fourth-order valence-electron chi connectivity index (χ4n) is 7.27. The Morgan fingerprint density at radius 1 is 0.333 bits per heavy atom. The fraction of sp³-hybridized carbons (Fsp3) is 0. The highest BCUT2D eigenvalue weighted by Crippen LogP contribution is 2.38. The van der Waals surface area contributed by atoms with Crippen molar-refractivity contribution in [3.8, 4) is 33.6 Å². The summed E-state index contributed by atoms with van der Waals surface area (Å²) < 4.78 is 4.62. The molecule has 10 rings (SSSR count). The molecule has 0 atom stereocenters. The molecule has 0 aliphatic carbocycles. The summed E-state index contributed by atoms with van der Waals surface area (Å²) in [6.07, 6.45) is 0. The van der Waals surface area contributed by atoms with Gasteiger partial charge in [-0.3, -0.25) is 4.57 Å². The van der Waals surface area contributed by atoms with Crippen LogP contribution in [0.15, 0.2) is 170 Å². The van der Waals surface area contributed by atoms with Crippen LogP contribution in [0.5, 0.6) is 0 Å². The van der Waals surface area contributed by atoms with Gasteiger partial charge in [-0.2, -0.15) is 0 Å². The molecule has 10 aromatic rings. The minimum Gasteiger partial charge on any atom is -0.309 e.